The van der Waals surface area contributed by atoms with Crippen LogP contribution >= 0.6 is 0 Å². The van der Waals surface area contributed by atoms with E-state index in [0.717, 1.165) is 6.42 Å². The van der Waals surface area contributed by atoms with Crippen LogP contribution < -0.4 is 0 Å². The molecule has 0 atom stereocenters. The lowest BCUT2D eigenvalue weighted by atomic mass is 10.4. The summed E-state index contributed by atoms with van der Waals surface area (Å²) in [4.78, 5) is 11.6. The van der Waals surface area contributed by atoms with E-state index in [9.17, 15) is 4.79 Å². The molecule has 19 heavy (non-hydrogen) atoms. The molecule has 4 nitrogen and oxygen atoms in total. The molecule has 0 aliphatic heterocycles. The number of hydrogen-bond acceptors (Lipinski definition) is 4. The van der Waals surface area contributed by atoms with Crippen LogP contribution in [-0.2, 0) is 19.0 Å². The van der Waals surface area contributed by atoms with Crippen molar-refractivity contribution in [2.45, 2.75) is 66.1 Å². The Morgan fingerprint density at radius 1 is 1.16 bits per heavy atom. The van der Waals surface area contributed by atoms with Crippen LogP contribution in [0.3, 0.4) is 0 Å². The largest absolute Gasteiger partial charge is 0.462 e. The molecule has 0 heterocycles. The van der Waals surface area contributed by atoms with Crippen LogP contribution in [0.25, 0.3) is 0 Å². The van der Waals surface area contributed by atoms with E-state index < -0.39 is 9.52 Å². The Morgan fingerprint density at radius 3 is 2.11 bits per heavy atom. The maximum Gasteiger partial charge on any atom is 0.332 e. The van der Waals surface area contributed by atoms with Gasteiger partial charge >= 0.3 is 5.97 Å². The third-order valence-electron chi connectivity index (χ3n) is 2.22. The van der Waals surface area contributed by atoms with Crippen molar-refractivity contribution in [3.8, 4) is 0 Å². The monoisotopic (exact) mass is 288 g/mol. The second-order valence-corrected chi connectivity index (χ2v) is 6.60. The molecular weight excluding hydrogens is 260 g/mol. The fourth-order valence-electron chi connectivity index (χ4n) is 1.42. The Labute approximate surface area is 119 Å². The number of ether oxygens (including phenoxy) is 3. The van der Waals surface area contributed by atoms with E-state index in [-0.39, 0.29) is 24.1 Å². The first kappa shape index (κ1) is 18.3. The van der Waals surface area contributed by atoms with Crippen LogP contribution in [-0.4, -0.2) is 40.2 Å². The normalized spacial score (nSPS) is 13.2. The van der Waals surface area contributed by atoms with Crippen molar-refractivity contribution in [3.05, 3.63) is 11.3 Å². The van der Waals surface area contributed by atoms with Crippen LogP contribution in [0.15, 0.2) is 11.3 Å². The summed E-state index contributed by atoms with van der Waals surface area (Å²) in [6.45, 7) is 12.2. The zero-order valence-electron chi connectivity index (χ0n) is 13.1. The predicted octanol–water partition coefficient (Wildman–Crippen LogP) is 2.15. The molecule has 0 saturated carbocycles. The summed E-state index contributed by atoms with van der Waals surface area (Å²) in [5, 5.41) is 0. The molecule has 0 amide bonds. The predicted molar refractivity (Wildman–Crippen MR) is 79.8 cm³/mol. The molecule has 0 aromatic carbocycles. The van der Waals surface area contributed by atoms with Crippen molar-refractivity contribution in [1.82, 2.24) is 0 Å². The maximum absolute atomic E-state index is 11.6. The summed E-state index contributed by atoms with van der Waals surface area (Å²) in [6, 6.07) is 0. The quantitative estimate of drug-likeness (QED) is 0.282. The van der Waals surface area contributed by atoms with E-state index in [0.29, 0.717) is 12.2 Å². The van der Waals surface area contributed by atoms with Crippen LogP contribution in [0, 0.1) is 0 Å². The maximum atomic E-state index is 11.6. The highest BCUT2D eigenvalue weighted by Crippen LogP contribution is 2.05. The van der Waals surface area contributed by atoms with Crippen molar-refractivity contribution >= 4 is 15.5 Å². The standard InChI is InChI=1S/C14H28O4Si/c1-7-8-16-13(15)12(6)9-19-14(17-10(2)3)18-11(4)5/h9-11,14H,7-8,19H2,1-6H3. The molecule has 0 fully saturated rings. The molecule has 0 aliphatic carbocycles. The lowest BCUT2D eigenvalue weighted by Gasteiger charge is -2.22. The molecular formula is C14H28O4Si. The lowest BCUT2D eigenvalue weighted by molar-refractivity contribution is -0.138. The molecule has 0 N–H and O–H groups in total. The number of carbonyl (C=O) groups is 1. The highest BCUT2D eigenvalue weighted by molar-refractivity contribution is 6.44. The Balaban J connectivity index is 4.36. The van der Waals surface area contributed by atoms with Gasteiger partial charge in [0.2, 0.25) is 0 Å². The summed E-state index contributed by atoms with van der Waals surface area (Å²) in [6.07, 6.45) is 1.08. The Bertz CT molecular complexity index is 277. The minimum atomic E-state index is -0.781. The Morgan fingerprint density at radius 2 is 1.68 bits per heavy atom. The van der Waals surface area contributed by atoms with E-state index in [1.165, 1.54) is 0 Å². The Kier molecular flexibility index (Phi) is 9.82. The van der Waals surface area contributed by atoms with E-state index in [4.69, 9.17) is 14.2 Å². The Hall–Kier alpha value is -0.653. The van der Waals surface area contributed by atoms with Crippen LogP contribution in [0.1, 0.15) is 48.0 Å². The molecule has 5 heteroatoms. The smallest absolute Gasteiger partial charge is 0.332 e. The van der Waals surface area contributed by atoms with Crippen molar-refractivity contribution in [3.63, 3.8) is 0 Å². The zero-order chi connectivity index (χ0) is 14.8. The van der Waals surface area contributed by atoms with E-state index in [2.05, 4.69) is 0 Å². The first-order valence-electron chi connectivity index (χ1n) is 7.01. The SMILES string of the molecule is CCCOC(=O)C(C)=C[SiH2]C(OC(C)C)OC(C)C. The van der Waals surface area contributed by atoms with Gasteiger partial charge in [0.1, 0.15) is 15.4 Å². The van der Waals surface area contributed by atoms with E-state index >= 15 is 0 Å². The topological polar surface area (TPSA) is 44.8 Å². The van der Waals surface area contributed by atoms with Gasteiger partial charge in [0.25, 0.3) is 0 Å². The molecule has 0 radical (unpaired) electrons. The minimum Gasteiger partial charge on any atom is -0.462 e. The molecule has 0 saturated heterocycles. The van der Waals surface area contributed by atoms with Crippen molar-refractivity contribution in [1.29, 1.82) is 0 Å². The molecule has 0 rings (SSSR count). The molecule has 0 aromatic heterocycles. The number of hydrogen-bond donors (Lipinski definition) is 0. The molecule has 0 bridgehead atoms. The summed E-state index contributed by atoms with van der Waals surface area (Å²) in [7, 11) is -0.781. The van der Waals surface area contributed by atoms with Gasteiger partial charge in [-0.05, 0) is 41.0 Å². The van der Waals surface area contributed by atoms with Crippen molar-refractivity contribution in [2.75, 3.05) is 6.61 Å². The number of rotatable bonds is 9. The van der Waals surface area contributed by atoms with Gasteiger partial charge in [-0.2, -0.15) is 0 Å². The number of esters is 1. The summed E-state index contributed by atoms with van der Waals surface area (Å²) in [5.41, 5.74) is 2.61. The van der Waals surface area contributed by atoms with Crippen molar-refractivity contribution in [2.24, 2.45) is 0 Å². The van der Waals surface area contributed by atoms with Gasteiger partial charge in [0.15, 0.2) is 0 Å². The first-order chi connectivity index (χ1) is 8.86. The average Bonchev–Trinajstić information content (AvgIpc) is 2.31. The van der Waals surface area contributed by atoms with Crippen molar-refractivity contribution < 1.29 is 19.0 Å². The molecule has 112 valence electrons. The fraction of sp³-hybridized carbons (Fsp3) is 0.786. The minimum absolute atomic E-state index is 0.122. The molecule has 0 unspecified atom stereocenters. The second kappa shape index (κ2) is 10.2. The van der Waals surface area contributed by atoms with Gasteiger partial charge in [0, 0.05) is 5.57 Å². The third kappa shape index (κ3) is 9.87. The summed E-state index contributed by atoms with van der Waals surface area (Å²) >= 11 is 0. The first-order valence-corrected chi connectivity index (χ1v) is 8.64. The average molecular weight is 288 g/mol. The van der Waals surface area contributed by atoms with E-state index in [1.54, 1.807) is 6.92 Å². The fourth-order valence-corrected chi connectivity index (χ4v) is 3.12. The number of carbonyl (C=O) groups excluding carboxylic acids is 1. The second-order valence-electron chi connectivity index (χ2n) is 5.06. The highest BCUT2D eigenvalue weighted by atomic mass is 28.2. The summed E-state index contributed by atoms with van der Waals surface area (Å²) in [5.74, 6) is -0.420. The van der Waals surface area contributed by atoms with Gasteiger partial charge in [0.05, 0.1) is 18.8 Å². The van der Waals surface area contributed by atoms with E-state index in [1.807, 2.05) is 40.3 Å². The van der Waals surface area contributed by atoms with Crippen LogP contribution in [0.2, 0.25) is 0 Å². The highest BCUT2D eigenvalue weighted by Gasteiger charge is 2.14. The van der Waals surface area contributed by atoms with Crippen LogP contribution in [0.4, 0.5) is 0 Å². The van der Waals surface area contributed by atoms with Crippen LogP contribution in [0.5, 0.6) is 0 Å². The lowest BCUT2D eigenvalue weighted by Crippen LogP contribution is -2.29. The van der Waals surface area contributed by atoms with Gasteiger partial charge in [-0.3, -0.25) is 0 Å². The summed E-state index contributed by atoms with van der Waals surface area (Å²) < 4.78 is 16.5. The van der Waals surface area contributed by atoms with Gasteiger partial charge < -0.3 is 14.2 Å². The molecule has 0 aromatic rings. The third-order valence-corrected chi connectivity index (χ3v) is 3.84. The van der Waals surface area contributed by atoms with Gasteiger partial charge in [-0.15, -0.1) is 0 Å². The van der Waals surface area contributed by atoms with Gasteiger partial charge in [-0.1, -0.05) is 12.6 Å². The molecule has 0 aliphatic rings. The van der Waals surface area contributed by atoms with Gasteiger partial charge in [-0.25, -0.2) is 4.79 Å². The zero-order valence-corrected chi connectivity index (χ0v) is 14.5. The molecule has 0 spiro atoms.